The van der Waals surface area contributed by atoms with Crippen LogP contribution >= 0.6 is 0 Å². The lowest BCUT2D eigenvalue weighted by Crippen LogP contribution is -1.99. The monoisotopic (exact) mass is 311 g/mol. The van der Waals surface area contributed by atoms with Crippen molar-refractivity contribution in [2.24, 2.45) is 0 Å². The topological polar surface area (TPSA) is 58.6 Å². The molecule has 0 atom stereocenters. The Balaban J connectivity index is 2.04. The molecule has 0 aliphatic carbocycles. The molecule has 5 aromatic rings. The number of fused-ring (bicyclic) bond motifs is 5. The van der Waals surface area contributed by atoms with Gasteiger partial charge in [-0.2, -0.15) is 0 Å². The number of carbonyl (C=O) groups is 1. The summed E-state index contributed by atoms with van der Waals surface area (Å²) < 4.78 is 0. The molecule has 24 heavy (non-hydrogen) atoms. The van der Waals surface area contributed by atoms with Crippen LogP contribution in [0.3, 0.4) is 0 Å². The summed E-state index contributed by atoms with van der Waals surface area (Å²) in [4.78, 5) is 25.2. The fourth-order valence-electron chi connectivity index (χ4n) is 3.42. The predicted octanol–water partition coefficient (Wildman–Crippen LogP) is 4.62. The summed E-state index contributed by atoms with van der Waals surface area (Å²) >= 11 is 0. The molecule has 0 unspecified atom stereocenters. The third kappa shape index (κ3) is 1.71. The molecule has 4 nitrogen and oxygen atoms in total. The number of benzene rings is 3. The molecule has 2 aromatic heterocycles. The molecule has 4 heteroatoms. The zero-order chi connectivity index (χ0) is 16.3. The first-order chi connectivity index (χ1) is 11.7. The molecule has 0 saturated carbocycles. The van der Waals surface area contributed by atoms with E-state index in [1.165, 1.54) is 0 Å². The van der Waals surface area contributed by atoms with Gasteiger partial charge in [0.05, 0.1) is 11.1 Å². The maximum absolute atomic E-state index is 12.3. The normalized spacial score (nSPS) is 11.7. The van der Waals surface area contributed by atoms with Crippen LogP contribution in [-0.4, -0.2) is 20.7 Å². The number of nitrogens with zero attached hydrogens (tertiary/aromatic N) is 2. The minimum atomic E-state index is 0.00145. The van der Waals surface area contributed by atoms with E-state index in [1.807, 2.05) is 54.6 Å². The molecule has 1 N–H and O–H groups in total. The summed E-state index contributed by atoms with van der Waals surface area (Å²) in [7, 11) is 0. The molecule has 0 radical (unpaired) electrons. The van der Waals surface area contributed by atoms with Crippen LogP contribution in [0.1, 0.15) is 17.3 Å². The Morgan fingerprint density at radius 2 is 1.67 bits per heavy atom. The summed E-state index contributed by atoms with van der Waals surface area (Å²) in [5.41, 5.74) is 4.58. The fourth-order valence-corrected chi connectivity index (χ4v) is 3.42. The second-order valence-electron chi connectivity index (χ2n) is 5.99. The second-order valence-corrected chi connectivity index (χ2v) is 5.99. The summed E-state index contributed by atoms with van der Waals surface area (Å²) in [6.07, 6.45) is 0. The first-order valence-corrected chi connectivity index (χ1v) is 7.83. The van der Waals surface area contributed by atoms with Gasteiger partial charge >= 0.3 is 0 Å². The number of carbonyl (C=O) groups excluding carboxylic acids is 1. The van der Waals surface area contributed by atoms with Gasteiger partial charge in [-0.25, -0.2) is 9.97 Å². The highest BCUT2D eigenvalue weighted by molar-refractivity contribution is 6.18. The minimum Gasteiger partial charge on any atom is -0.338 e. The lowest BCUT2D eigenvalue weighted by Gasteiger charge is -2.07. The summed E-state index contributed by atoms with van der Waals surface area (Å²) in [5.74, 6) is 0.00145. The molecular formula is C20H13N3O. The lowest BCUT2D eigenvalue weighted by atomic mass is 10.00. The quantitative estimate of drug-likeness (QED) is 0.363. The Labute approximate surface area is 137 Å². The number of aromatic nitrogens is 3. The van der Waals surface area contributed by atoms with Crippen molar-refractivity contribution in [1.82, 2.24) is 15.0 Å². The van der Waals surface area contributed by atoms with Gasteiger partial charge in [0.25, 0.3) is 0 Å². The average molecular weight is 311 g/mol. The Bertz CT molecular complexity index is 1280. The van der Waals surface area contributed by atoms with Crippen LogP contribution in [0.2, 0.25) is 0 Å². The van der Waals surface area contributed by atoms with E-state index >= 15 is 0 Å². The fraction of sp³-hybridized carbons (Fsp3) is 0.0500. The van der Waals surface area contributed by atoms with Crippen LogP contribution < -0.4 is 0 Å². The van der Waals surface area contributed by atoms with Crippen LogP contribution in [0.4, 0.5) is 0 Å². The van der Waals surface area contributed by atoms with E-state index in [-0.39, 0.29) is 5.78 Å². The molecule has 0 amide bonds. The third-order valence-electron chi connectivity index (χ3n) is 4.47. The molecule has 2 heterocycles. The SMILES string of the molecule is CC(=O)c1c2ccccc2cc2nc3c(nc12)[nH]c1ccccc13. The molecule has 0 aliphatic heterocycles. The van der Waals surface area contributed by atoms with E-state index in [0.717, 1.165) is 32.7 Å². The van der Waals surface area contributed by atoms with E-state index < -0.39 is 0 Å². The number of hydrogen-bond donors (Lipinski definition) is 1. The summed E-state index contributed by atoms with van der Waals surface area (Å²) in [6.45, 7) is 1.58. The van der Waals surface area contributed by atoms with Gasteiger partial charge in [0.15, 0.2) is 11.4 Å². The number of ketones is 1. The van der Waals surface area contributed by atoms with Gasteiger partial charge < -0.3 is 4.98 Å². The highest BCUT2D eigenvalue weighted by Crippen LogP contribution is 2.30. The van der Waals surface area contributed by atoms with Crippen LogP contribution in [0.5, 0.6) is 0 Å². The number of nitrogens with one attached hydrogen (secondary N) is 1. The predicted molar refractivity (Wildman–Crippen MR) is 96.4 cm³/mol. The van der Waals surface area contributed by atoms with Crippen molar-refractivity contribution in [2.45, 2.75) is 6.92 Å². The Morgan fingerprint density at radius 1 is 0.917 bits per heavy atom. The highest BCUT2D eigenvalue weighted by atomic mass is 16.1. The molecule has 0 bridgehead atoms. The summed E-state index contributed by atoms with van der Waals surface area (Å²) in [6, 6.07) is 17.9. The van der Waals surface area contributed by atoms with Crippen molar-refractivity contribution >= 4 is 49.7 Å². The van der Waals surface area contributed by atoms with Crippen LogP contribution in [-0.2, 0) is 0 Å². The van der Waals surface area contributed by atoms with E-state index in [0.29, 0.717) is 16.7 Å². The minimum absolute atomic E-state index is 0.00145. The summed E-state index contributed by atoms with van der Waals surface area (Å²) in [5, 5.41) is 2.96. The third-order valence-corrected chi connectivity index (χ3v) is 4.47. The largest absolute Gasteiger partial charge is 0.338 e. The van der Waals surface area contributed by atoms with E-state index in [4.69, 9.17) is 9.97 Å². The first-order valence-electron chi connectivity index (χ1n) is 7.83. The van der Waals surface area contributed by atoms with Crippen molar-refractivity contribution in [2.75, 3.05) is 0 Å². The van der Waals surface area contributed by atoms with Crippen molar-refractivity contribution in [3.63, 3.8) is 0 Å². The van der Waals surface area contributed by atoms with Gasteiger partial charge in [-0.3, -0.25) is 4.79 Å². The standard InChI is InChI=1S/C20H13N3O/c1-11(24)17-13-7-3-2-6-12(13)10-16-19(17)23-20-18(21-16)14-8-4-5-9-15(14)22-20/h2-10H,1H3,(H,22,23). The molecule has 0 fully saturated rings. The van der Waals surface area contributed by atoms with Gasteiger partial charge in [-0.05, 0) is 29.8 Å². The lowest BCUT2D eigenvalue weighted by molar-refractivity contribution is 0.102. The van der Waals surface area contributed by atoms with E-state index in [1.54, 1.807) is 6.92 Å². The number of para-hydroxylation sites is 1. The maximum atomic E-state index is 12.3. The molecule has 114 valence electrons. The number of Topliss-reactive ketones (excluding diaryl/α,β-unsaturated/α-hetero) is 1. The van der Waals surface area contributed by atoms with E-state index in [2.05, 4.69) is 4.98 Å². The second kappa shape index (κ2) is 4.61. The van der Waals surface area contributed by atoms with Gasteiger partial charge in [-0.1, -0.05) is 42.5 Å². The number of H-pyrrole nitrogens is 1. The average Bonchev–Trinajstić information content (AvgIpc) is 2.95. The Morgan fingerprint density at radius 3 is 2.50 bits per heavy atom. The molecule has 3 aromatic carbocycles. The first kappa shape index (κ1) is 13.2. The van der Waals surface area contributed by atoms with E-state index in [9.17, 15) is 4.79 Å². The molecule has 0 saturated heterocycles. The zero-order valence-corrected chi connectivity index (χ0v) is 13.0. The molecule has 0 aliphatic rings. The number of hydrogen-bond acceptors (Lipinski definition) is 3. The van der Waals surface area contributed by atoms with Crippen molar-refractivity contribution in [3.8, 4) is 0 Å². The zero-order valence-electron chi connectivity index (χ0n) is 13.0. The van der Waals surface area contributed by atoms with Crippen molar-refractivity contribution < 1.29 is 4.79 Å². The van der Waals surface area contributed by atoms with Gasteiger partial charge in [-0.15, -0.1) is 0 Å². The van der Waals surface area contributed by atoms with Crippen LogP contribution in [0, 0.1) is 0 Å². The Kier molecular flexibility index (Phi) is 2.54. The van der Waals surface area contributed by atoms with Crippen molar-refractivity contribution in [1.29, 1.82) is 0 Å². The number of aromatic amines is 1. The van der Waals surface area contributed by atoms with Gasteiger partial charge in [0.1, 0.15) is 11.0 Å². The highest BCUT2D eigenvalue weighted by Gasteiger charge is 2.16. The smallest absolute Gasteiger partial charge is 0.162 e. The van der Waals surface area contributed by atoms with Crippen LogP contribution in [0.25, 0.3) is 43.9 Å². The molecular weight excluding hydrogens is 298 g/mol. The number of rotatable bonds is 1. The van der Waals surface area contributed by atoms with Gasteiger partial charge in [0.2, 0.25) is 0 Å². The molecule has 0 spiro atoms. The molecule has 5 rings (SSSR count). The van der Waals surface area contributed by atoms with Crippen LogP contribution in [0.15, 0.2) is 54.6 Å². The maximum Gasteiger partial charge on any atom is 0.162 e. The van der Waals surface area contributed by atoms with Crippen molar-refractivity contribution in [3.05, 3.63) is 60.2 Å². The Hall–Kier alpha value is -3.27. The van der Waals surface area contributed by atoms with Gasteiger partial charge in [0, 0.05) is 10.9 Å².